The van der Waals surface area contributed by atoms with Crippen LogP contribution < -0.4 is 5.32 Å². The van der Waals surface area contributed by atoms with Gasteiger partial charge in [0.15, 0.2) is 0 Å². The van der Waals surface area contributed by atoms with Gasteiger partial charge in [0.1, 0.15) is 0 Å². The minimum absolute atomic E-state index is 0.0156. The Labute approximate surface area is 124 Å². The summed E-state index contributed by atoms with van der Waals surface area (Å²) in [5.41, 5.74) is 2.11. The lowest BCUT2D eigenvalue weighted by Gasteiger charge is -2.18. The maximum Gasteiger partial charge on any atom is 0.235 e. The lowest BCUT2D eigenvalue weighted by Crippen LogP contribution is -2.28. The van der Waals surface area contributed by atoms with Crippen molar-refractivity contribution in [3.63, 3.8) is 0 Å². The number of nitrogens with one attached hydrogen (secondary N) is 1. The van der Waals surface area contributed by atoms with Crippen LogP contribution in [0.4, 0.5) is 5.69 Å². The molecule has 1 amide bonds. The van der Waals surface area contributed by atoms with E-state index in [-0.39, 0.29) is 5.91 Å². The van der Waals surface area contributed by atoms with Gasteiger partial charge in [0, 0.05) is 11.3 Å². The van der Waals surface area contributed by atoms with Crippen molar-refractivity contribution in [1.82, 2.24) is 0 Å². The number of hydrogen-bond donors (Lipinski definition) is 2. The topological polar surface area (TPSA) is 49.3 Å². The Morgan fingerprint density at radius 3 is 2.33 bits per heavy atom. The summed E-state index contributed by atoms with van der Waals surface area (Å²) < 4.78 is 0. The van der Waals surface area contributed by atoms with Gasteiger partial charge in [0.05, 0.1) is 11.5 Å². The van der Waals surface area contributed by atoms with E-state index in [9.17, 15) is 9.90 Å². The lowest BCUT2D eigenvalue weighted by molar-refractivity contribution is -0.118. The summed E-state index contributed by atoms with van der Waals surface area (Å²) in [6.45, 7) is 1.70. The van der Waals surface area contributed by atoms with Crippen molar-refractivity contribution >= 4 is 11.6 Å². The number of anilines is 1. The summed E-state index contributed by atoms with van der Waals surface area (Å²) >= 11 is 0. The molecule has 0 radical (unpaired) electrons. The third kappa shape index (κ3) is 2.57. The molecule has 3 heteroatoms. The fraction of sp³-hybridized carbons (Fsp3) is 0.278. The average Bonchev–Trinajstić information content (AvgIpc) is 3.30. The maximum atomic E-state index is 12.7. The average molecular weight is 281 g/mol. The van der Waals surface area contributed by atoms with E-state index in [1.54, 1.807) is 6.92 Å². The van der Waals surface area contributed by atoms with Crippen molar-refractivity contribution < 1.29 is 9.90 Å². The molecule has 0 spiro atoms. The number of hydrogen-bond acceptors (Lipinski definition) is 2. The summed E-state index contributed by atoms with van der Waals surface area (Å²) in [5.74, 6) is 0.0156. The predicted molar refractivity (Wildman–Crippen MR) is 83.1 cm³/mol. The van der Waals surface area contributed by atoms with E-state index in [4.69, 9.17) is 0 Å². The largest absolute Gasteiger partial charge is 0.389 e. The maximum absolute atomic E-state index is 12.7. The third-order valence-corrected chi connectivity index (χ3v) is 4.17. The van der Waals surface area contributed by atoms with Crippen LogP contribution in [0.3, 0.4) is 0 Å². The van der Waals surface area contributed by atoms with Gasteiger partial charge in [-0.25, -0.2) is 0 Å². The van der Waals surface area contributed by atoms with Gasteiger partial charge in [0.25, 0.3) is 0 Å². The monoisotopic (exact) mass is 281 g/mol. The Kier molecular flexibility index (Phi) is 3.52. The molecular formula is C18H19NO2. The zero-order valence-corrected chi connectivity index (χ0v) is 12.0. The van der Waals surface area contributed by atoms with Crippen LogP contribution in [0.15, 0.2) is 54.6 Å². The zero-order valence-electron chi connectivity index (χ0n) is 12.0. The molecule has 21 heavy (non-hydrogen) atoms. The van der Waals surface area contributed by atoms with Crippen LogP contribution in [0.1, 0.15) is 37.0 Å². The molecule has 1 saturated carbocycles. The van der Waals surface area contributed by atoms with Gasteiger partial charge in [-0.1, -0.05) is 48.5 Å². The first-order chi connectivity index (χ1) is 10.1. The van der Waals surface area contributed by atoms with Crippen LogP contribution in [0.5, 0.6) is 0 Å². The Bertz CT molecular complexity index is 645. The molecule has 3 rings (SSSR count). The van der Waals surface area contributed by atoms with Crippen LogP contribution in [0, 0.1) is 0 Å². The molecule has 2 aromatic rings. The number of aliphatic hydroxyl groups is 1. The normalized spacial score (nSPS) is 17.0. The first-order valence-corrected chi connectivity index (χ1v) is 7.27. The highest BCUT2D eigenvalue weighted by Crippen LogP contribution is 2.49. The minimum atomic E-state index is -0.603. The van der Waals surface area contributed by atoms with Gasteiger partial charge in [-0.05, 0) is 31.4 Å². The van der Waals surface area contributed by atoms with Crippen molar-refractivity contribution in [3.8, 4) is 0 Å². The van der Waals surface area contributed by atoms with E-state index in [1.165, 1.54) is 0 Å². The summed E-state index contributed by atoms with van der Waals surface area (Å²) in [4.78, 5) is 12.7. The quantitative estimate of drug-likeness (QED) is 0.902. The SMILES string of the molecule is CC(O)c1ccccc1NC(=O)C1(c2ccccc2)CC1. The van der Waals surface area contributed by atoms with E-state index < -0.39 is 11.5 Å². The smallest absolute Gasteiger partial charge is 0.235 e. The Hall–Kier alpha value is -2.13. The van der Waals surface area contributed by atoms with E-state index in [1.807, 2.05) is 54.6 Å². The van der Waals surface area contributed by atoms with Crippen molar-refractivity contribution in [1.29, 1.82) is 0 Å². The van der Waals surface area contributed by atoms with Gasteiger partial charge < -0.3 is 10.4 Å². The molecule has 0 saturated heterocycles. The summed E-state index contributed by atoms with van der Waals surface area (Å²) in [6, 6.07) is 17.3. The van der Waals surface area contributed by atoms with E-state index in [0.29, 0.717) is 5.69 Å². The Balaban J connectivity index is 1.85. The number of benzene rings is 2. The van der Waals surface area contributed by atoms with Crippen LogP contribution >= 0.6 is 0 Å². The molecule has 0 heterocycles. The highest BCUT2D eigenvalue weighted by molar-refractivity contribution is 6.01. The van der Waals surface area contributed by atoms with E-state index in [2.05, 4.69) is 5.32 Å². The number of para-hydroxylation sites is 1. The number of rotatable bonds is 4. The van der Waals surface area contributed by atoms with Crippen molar-refractivity contribution in [3.05, 3.63) is 65.7 Å². The van der Waals surface area contributed by atoms with Gasteiger partial charge in [-0.2, -0.15) is 0 Å². The van der Waals surface area contributed by atoms with E-state index >= 15 is 0 Å². The number of amides is 1. The molecule has 0 aliphatic heterocycles. The lowest BCUT2D eigenvalue weighted by atomic mass is 9.94. The molecule has 0 aromatic heterocycles. The molecular weight excluding hydrogens is 262 g/mol. The molecule has 1 fully saturated rings. The molecule has 1 aliphatic carbocycles. The Morgan fingerprint density at radius 2 is 1.71 bits per heavy atom. The zero-order chi connectivity index (χ0) is 14.9. The van der Waals surface area contributed by atoms with Gasteiger partial charge in [-0.3, -0.25) is 4.79 Å². The van der Waals surface area contributed by atoms with Crippen LogP contribution in [0.2, 0.25) is 0 Å². The number of carbonyl (C=O) groups is 1. The second kappa shape index (κ2) is 5.34. The fourth-order valence-electron chi connectivity index (χ4n) is 2.75. The summed E-state index contributed by atoms with van der Waals surface area (Å²) in [5, 5.41) is 12.8. The first kappa shape index (κ1) is 13.8. The van der Waals surface area contributed by atoms with Crippen molar-refractivity contribution in [2.75, 3.05) is 5.32 Å². The van der Waals surface area contributed by atoms with Gasteiger partial charge in [-0.15, -0.1) is 0 Å². The van der Waals surface area contributed by atoms with E-state index in [0.717, 1.165) is 24.0 Å². The van der Waals surface area contributed by atoms with Crippen LogP contribution in [-0.4, -0.2) is 11.0 Å². The summed E-state index contributed by atoms with van der Waals surface area (Å²) in [6.07, 6.45) is 1.15. The molecule has 2 aromatic carbocycles. The van der Waals surface area contributed by atoms with Gasteiger partial charge in [0.2, 0.25) is 5.91 Å². The highest BCUT2D eigenvalue weighted by atomic mass is 16.3. The summed E-state index contributed by atoms with van der Waals surface area (Å²) in [7, 11) is 0. The second-order valence-corrected chi connectivity index (χ2v) is 5.67. The first-order valence-electron chi connectivity index (χ1n) is 7.27. The fourth-order valence-corrected chi connectivity index (χ4v) is 2.75. The number of carbonyl (C=O) groups excluding carboxylic acids is 1. The predicted octanol–water partition coefficient (Wildman–Crippen LogP) is 3.41. The minimum Gasteiger partial charge on any atom is -0.389 e. The highest BCUT2D eigenvalue weighted by Gasteiger charge is 2.51. The standard InChI is InChI=1S/C18H19NO2/c1-13(20)15-9-5-6-10-16(15)19-17(21)18(11-12-18)14-7-3-2-4-8-14/h2-10,13,20H,11-12H2,1H3,(H,19,21). The second-order valence-electron chi connectivity index (χ2n) is 5.67. The van der Waals surface area contributed by atoms with Gasteiger partial charge >= 0.3 is 0 Å². The Morgan fingerprint density at radius 1 is 1.10 bits per heavy atom. The molecule has 1 unspecified atom stereocenters. The molecule has 108 valence electrons. The molecule has 1 aliphatic rings. The van der Waals surface area contributed by atoms with Crippen LogP contribution in [-0.2, 0) is 10.2 Å². The molecule has 0 bridgehead atoms. The van der Waals surface area contributed by atoms with Crippen LogP contribution in [0.25, 0.3) is 0 Å². The molecule has 3 nitrogen and oxygen atoms in total. The third-order valence-electron chi connectivity index (χ3n) is 4.17. The van der Waals surface area contributed by atoms with Crippen molar-refractivity contribution in [2.45, 2.75) is 31.3 Å². The number of aliphatic hydroxyl groups excluding tert-OH is 1. The van der Waals surface area contributed by atoms with Crippen molar-refractivity contribution in [2.24, 2.45) is 0 Å². The molecule has 1 atom stereocenters. The molecule has 2 N–H and O–H groups in total.